The number of allylic oxidation sites excluding steroid dienone is 4. The average molecular weight is 536 g/mol. The number of unbranched alkanes of at least 4 members (excludes halogenated alkanes) is 13. The Balaban J connectivity index is 3.92. The van der Waals surface area contributed by atoms with Crippen molar-refractivity contribution >= 4 is 11.9 Å². The van der Waals surface area contributed by atoms with Crippen LogP contribution in [0.25, 0.3) is 0 Å². The molecule has 0 bridgehead atoms. The molecule has 0 aliphatic rings. The minimum atomic E-state index is -0.720. The standard InChI is InChI=1S/C33H61NO4/c1-4-5-6-7-8-9-10-11-12-13-14-15-16-17-18-19-22-26-31(27-23-20-21-24-28-32(35)36)38-33(37)29-25-30-34(2)3/h8-9,11-12,31H,4-7,10,13-30H2,1-3H3,(H,35,36)/b9-8-,12-11-. The molecule has 5 heteroatoms. The maximum absolute atomic E-state index is 12.3. The fraction of sp³-hybridized carbons (Fsp3) is 0.818. The van der Waals surface area contributed by atoms with E-state index >= 15 is 0 Å². The second-order valence-electron chi connectivity index (χ2n) is 11.1. The smallest absolute Gasteiger partial charge is 0.306 e. The lowest BCUT2D eigenvalue weighted by Crippen LogP contribution is -2.20. The highest BCUT2D eigenvalue weighted by Crippen LogP contribution is 2.18. The van der Waals surface area contributed by atoms with E-state index in [-0.39, 0.29) is 18.5 Å². The van der Waals surface area contributed by atoms with Gasteiger partial charge >= 0.3 is 11.9 Å². The molecule has 0 aromatic carbocycles. The summed E-state index contributed by atoms with van der Waals surface area (Å²) in [5.74, 6) is -0.789. The molecule has 0 aliphatic carbocycles. The van der Waals surface area contributed by atoms with E-state index in [1.807, 2.05) is 14.1 Å². The van der Waals surface area contributed by atoms with E-state index in [4.69, 9.17) is 9.84 Å². The van der Waals surface area contributed by atoms with E-state index in [0.29, 0.717) is 6.42 Å². The van der Waals surface area contributed by atoms with E-state index < -0.39 is 5.97 Å². The third-order valence-corrected chi connectivity index (χ3v) is 6.93. The third kappa shape index (κ3) is 28.9. The molecule has 0 saturated heterocycles. The van der Waals surface area contributed by atoms with Gasteiger partial charge < -0.3 is 14.7 Å². The Kier molecular flexibility index (Phi) is 27.2. The van der Waals surface area contributed by atoms with Crippen LogP contribution in [0.2, 0.25) is 0 Å². The highest BCUT2D eigenvalue weighted by atomic mass is 16.5. The Morgan fingerprint density at radius 1 is 0.684 bits per heavy atom. The zero-order valence-electron chi connectivity index (χ0n) is 25.3. The lowest BCUT2D eigenvalue weighted by molar-refractivity contribution is -0.150. The van der Waals surface area contributed by atoms with Gasteiger partial charge in [-0.2, -0.15) is 0 Å². The number of carbonyl (C=O) groups excluding carboxylic acids is 1. The first-order chi connectivity index (χ1) is 18.5. The van der Waals surface area contributed by atoms with Crippen LogP contribution in [0.4, 0.5) is 0 Å². The van der Waals surface area contributed by atoms with Crippen molar-refractivity contribution in [3.05, 3.63) is 24.3 Å². The van der Waals surface area contributed by atoms with Gasteiger partial charge in [0.15, 0.2) is 0 Å². The Hall–Kier alpha value is -1.62. The second-order valence-corrected chi connectivity index (χ2v) is 11.1. The number of rotatable bonds is 28. The maximum atomic E-state index is 12.3. The minimum absolute atomic E-state index is 0.0132. The van der Waals surface area contributed by atoms with Crippen molar-refractivity contribution in [3.8, 4) is 0 Å². The topological polar surface area (TPSA) is 66.8 Å². The van der Waals surface area contributed by atoms with Crippen LogP contribution in [0.1, 0.15) is 148 Å². The van der Waals surface area contributed by atoms with E-state index in [9.17, 15) is 9.59 Å². The number of carbonyl (C=O) groups is 2. The summed E-state index contributed by atoms with van der Waals surface area (Å²) in [6, 6.07) is 0. The van der Waals surface area contributed by atoms with Crippen LogP contribution in [0, 0.1) is 0 Å². The molecule has 0 amide bonds. The molecule has 0 fully saturated rings. The summed E-state index contributed by atoms with van der Waals surface area (Å²) < 4.78 is 5.84. The summed E-state index contributed by atoms with van der Waals surface area (Å²) in [6.07, 6.45) is 32.6. The number of nitrogens with zero attached hydrogens (tertiary/aromatic N) is 1. The number of esters is 1. The van der Waals surface area contributed by atoms with Crippen LogP contribution in [0.3, 0.4) is 0 Å². The van der Waals surface area contributed by atoms with Gasteiger partial charge in [-0.1, -0.05) is 89.0 Å². The highest BCUT2D eigenvalue weighted by molar-refractivity contribution is 5.69. The van der Waals surface area contributed by atoms with Gasteiger partial charge in [0, 0.05) is 12.8 Å². The number of hydrogen-bond acceptors (Lipinski definition) is 4. The van der Waals surface area contributed by atoms with Gasteiger partial charge in [0.1, 0.15) is 6.10 Å². The second kappa shape index (κ2) is 28.4. The molecule has 0 spiro atoms. The summed E-state index contributed by atoms with van der Waals surface area (Å²) in [7, 11) is 4.04. The van der Waals surface area contributed by atoms with Gasteiger partial charge in [0.25, 0.3) is 0 Å². The Labute approximate surface area is 235 Å². The molecule has 0 aromatic heterocycles. The number of carboxylic acids is 1. The third-order valence-electron chi connectivity index (χ3n) is 6.93. The molecule has 0 aromatic rings. The van der Waals surface area contributed by atoms with Crippen LogP contribution in [-0.4, -0.2) is 48.7 Å². The molecule has 5 nitrogen and oxygen atoms in total. The summed E-state index contributed by atoms with van der Waals surface area (Å²) >= 11 is 0. The molecular formula is C33H61NO4. The van der Waals surface area contributed by atoms with Crippen molar-refractivity contribution in [2.45, 2.75) is 154 Å². The number of hydrogen-bond donors (Lipinski definition) is 1. The molecule has 1 unspecified atom stereocenters. The molecule has 0 heterocycles. The van der Waals surface area contributed by atoms with Gasteiger partial charge in [-0.3, -0.25) is 9.59 Å². The minimum Gasteiger partial charge on any atom is -0.481 e. The molecule has 0 aliphatic heterocycles. The van der Waals surface area contributed by atoms with Gasteiger partial charge in [-0.15, -0.1) is 0 Å². The van der Waals surface area contributed by atoms with Crippen molar-refractivity contribution < 1.29 is 19.4 Å². The summed E-state index contributed by atoms with van der Waals surface area (Å²) in [6.45, 7) is 3.15. The zero-order chi connectivity index (χ0) is 28.1. The van der Waals surface area contributed by atoms with Crippen LogP contribution in [-0.2, 0) is 14.3 Å². The van der Waals surface area contributed by atoms with Crippen LogP contribution in [0.5, 0.6) is 0 Å². The molecule has 0 rings (SSSR count). The Morgan fingerprint density at radius 3 is 1.76 bits per heavy atom. The lowest BCUT2D eigenvalue weighted by atomic mass is 10.0. The highest BCUT2D eigenvalue weighted by Gasteiger charge is 2.14. The number of ether oxygens (including phenoxy) is 1. The Morgan fingerprint density at radius 2 is 1.21 bits per heavy atom. The van der Waals surface area contributed by atoms with Gasteiger partial charge in [0.05, 0.1) is 0 Å². The van der Waals surface area contributed by atoms with Crippen molar-refractivity contribution in [3.63, 3.8) is 0 Å². The fourth-order valence-electron chi connectivity index (χ4n) is 4.59. The maximum Gasteiger partial charge on any atom is 0.306 e. The van der Waals surface area contributed by atoms with Gasteiger partial charge in [-0.05, 0) is 91.3 Å². The quantitative estimate of drug-likeness (QED) is 0.0614. The predicted octanol–water partition coefficient (Wildman–Crippen LogP) is 9.26. The van der Waals surface area contributed by atoms with Gasteiger partial charge in [0.2, 0.25) is 0 Å². The van der Waals surface area contributed by atoms with E-state index in [0.717, 1.165) is 64.3 Å². The van der Waals surface area contributed by atoms with Gasteiger partial charge in [-0.25, -0.2) is 0 Å². The molecule has 0 radical (unpaired) electrons. The van der Waals surface area contributed by atoms with E-state index in [1.165, 1.54) is 70.6 Å². The van der Waals surface area contributed by atoms with E-state index in [1.54, 1.807) is 0 Å². The Bertz CT molecular complexity index is 600. The lowest BCUT2D eigenvalue weighted by Gasteiger charge is -2.18. The summed E-state index contributed by atoms with van der Waals surface area (Å²) in [5.41, 5.74) is 0. The molecular weight excluding hydrogens is 474 g/mol. The van der Waals surface area contributed by atoms with Crippen molar-refractivity contribution in [2.75, 3.05) is 20.6 Å². The molecule has 38 heavy (non-hydrogen) atoms. The SMILES string of the molecule is CCCCC/C=C\C/C=C\CCCCCCCCCC(CCCCCCC(=O)O)OC(=O)CCCN(C)C. The summed E-state index contributed by atoms with van der Waals surface area (Å²) in [5, 5.41) is 8.77. The molecule has 222 valence electrons. The first-order valence-corrected chi connectivity index (χ1v) is 15.8. The normalized spacial score (nSPS) is 12.6. The van der Waals surface area contributed by atoms with Crippen LogP contribution in [0.15, 0.2) is 24.3 Å². The summed E-state index contributed by atoms with van der Waals surface area (Å²) in [4.78, 5) is 25.1. The fourth-order valence-corrected chi connectivity index (χ4v) is 4.59. The first kappa shape index (κ1) is 36.4. The van der Waals surface area contributed by atoms with E-state index in [2.05, 4.69) is 36.1 Å². The monoisotopic (exact) mass is 535 g/mol. The molecule has 1 N–H and O–H groups in total. The molecule has 0 saturated carbocycles. The van der Waals surface area contributed by atoms with Crippen molar-refractivity contribution in [1.82, 2.24) is 4.90 Å². The predicted molar refractivity (Wildman–Crippen MR) is 162 cm³/mol. The van der Waals surface area contributed by atoms with Crippen molar-refractivity contribution in [1.29, 1.82) is 0 Å². The largest absolute Gasteiger partial charge is 0.481 e. The average Bonchev–Trinajstić information content (AvgIpc) is 2.87. The number of carboxylic acid groups (broad SMARTS) is 1. The van der Waals surface area contributed by atoms with Crippen molar-refractivity contribution in [2.24, 2.45) is 0 Å². The molecule has 1 atom stereocenters. The first-order valence-electron chi connectivity index (χ1n) is 15.8. The zero-order valence-corrected chi connectivity index (χ0v) is 25.3. The van der Waals surface area contributed by atoms with Crippen LogP contribution >= 0.6 is 0 Å². The number of aliphatic carboxylic acids is 1. The van der Waals surface area contributed by atoms with Crippen LogP contribution < -0.4 is 0 Å².